The Morgan fingerprint density at radius 3 is 2.28 bits per heavy atom. The maximum Gasteiger partial charge on any atom is 0.258 e. The SMILES string of the molecule is COc1ccc(C(=O)N2CC3(CCN(Cc4ccc(OC)c(OC)c4)CC3)c3cc(F)ccc32)cc1. The highest BCUT2D eigenvalue weighted by Gasteiger charge is 2.46. The van der Waals surface area contributed by atoms with Gasteiger partial charge >= 0.3 is 0 Å². The first-order valence-electron chi connectivity index (χ1n) is 12.2. The Kier molecular flexibility index (Phi) is 6.58. The quantitative estimate of drug-likeness (QED) is 0.484. The molecular weight excluding hydrogens is 459 g/mol. The normalized spacial score (nSPS) is 16.6. The molecule has 2 aliphatic heterocycles. The van der Waals surface area contributed by atoms with Gasteiger partial charge in [-0.05, 0) is 91.7 Å². The van der Waals surface area contributed by atoms with Crippen LogP contribution in [0.5, 0.6) is 17.2 Å². The van der Waals surface area contributed by atoms with Gasteiger partial charge in [0.1, 0.15) is 11.6 Å². The van der Waals surface area contributed by atoms with Crippen LogP contribution in [0.4, 0.5) is 10.1 Å². The molecular formula is C29H31FN2O4. The molecule has 3 aromatic rings. The van der Waals surface area contributed by atoms with Gasteiger partial charge in [0.25, 0.3) is 5.91 Å². The van der Waals surface area contributed by atoms with Crippen molar-refractivity contribution in [2.24, 2.45) is 0 Å². The molecule has 2 heterocycles. The molecule has 0 radical (unpaired) electrons. The van der Waals surface area contributed by atoms with E-state index in [0.29, 0.717) is 23.6 Å². The second-order valence-corrected chi connectivity index (χ2v) is 9.53. The van der Waals surface area contributed by atoms with E-state index in [2.05, 4.69) is 11.0 Å². The molecule has 0 aliphatic carbocycles. The molecule has 7 heteroatoms. The number of ether oxygens (including phenoxy) is 3. The predicted octanol–water partition coefficient (Wildman–Crippen LogP) is 5.05. The third kappa shape index (κ3) is 4.39. The largest absolute Gasteiger partial charge is 0.497 e. The molecule has 1 amide bonds. The van der Waals surface area contributed by atoms with Crippen LogP contribution in [0.1, 0.15) is 34.3 Å². The second-order valence-electron chi connectivity index (χ2n) is 9.53. The molecule has 3 aromatic carbocycles. The minimum Gasteiger partial charge on any atom is -0.497 e. The summed E-state index contributed by atoms with van der Waals surface area (Å²) in [5.41, 5.74) is 3.24. The molecule has 5 rings (SSSR count). The van der Waals surface area contributed by atoms with E-state index in [1.54, 1.807) is 57.7 Å². The molecule has 0 bridgehead atoms. The Morgan fingerprint density at radius 1 is 0.889 bits per heavy atom. The monoisotopic (exact) mass is 490 g/mol. The average Bonchev–Trinajstić information content (AvgIpc) is 3.22. The number of halogens is 1. The van der Waals surface area contributed by atoms with Crippen molar-refractivity contribution in [1.82, 2.24) is 4.90 Å². The van der Waals surface area contributed by atoms with Crippen molar-refractivity contribution in [1.29, 1.82) is 0 Å². The zero-order valence-corrected chi connectivity index (χ0v) is 20.9. The number of methoxy groups -OCH3 is 3. The van der Waals surface area contributed by atoms with Crippen molar-refractivity contribution < 1.29 is 23.4 Å². The van der Waals surface area contributed by atoms with Gasteiger partial charge in [-0.2, -0.15) is 0 Å². The van der Waals surface area contributed by atoms with E-state index < -0.39 is 0 Å². The summed E-state index contributed by atoms with van der Waals surface area (Å²) < 4.78 is 30.4. The number of benzene rings is 3. The van der Waals surface area contributed by atoms with Crippen LogP contribution in [-0.4, -0.2) is 51.8 Å². The van der Waals surface area contributed by atoms with Crippen LogP contribution >= 0.6 is 0 Å². The highest BCUT2D eigenvalue weighted by atomic mass is 19.1. The predicted molar refractivity (Wildman–Crippen MR) is 137 cm³/mol. The number of piperidine rings is 1. The summed E-state index contributed by atoms with van der Waals surface area (Å²) in [6.45, 7) is 3.06. The molecule has 0 saturated carbocycles. The number of nitrogens with zero attached hydrogens (tertiary/aromatic N) is 2. The standard InChI is InChI=1S/C29H31FN2O4/c1-34-23-8-5-21(6-9-23)28(33)32-19-29(24-17-22(30)7-10-25(24)32)12-14-31(15-13-29)18-20-4-11-26(35-2)27(16-20)36-3/h4-11,16-17H,12-15,18-19H2,1-3H3. The zero-order valence-electron chi connectivity index (χ0n) is 20.9. The molecule has 188 valence electrons. The first kappa shape index (κ1) is 24.1. The second kappa shape index (κ2) is 9.82. The Bertz CT molecular complexity index is 1250. The smallest absolute Gasteiger partial charge is 0.258 e. The fourth-order valence-electron chi connectivity index (χ4n) is 5.52. The molecule has 1 saturated heterocycles. The number of carbonyl (C=O) groups excluding carboxylic acids is 1. The van der Waals surface area contributed by atoms with Crippen LogP contribution in [0.15, 0.2) is 60.7 Å². The lowest BCUT2D eigenvalue weighted by atomic mass is 9.74. The minimum atomic E-state index is -0.264. The summed E-state index contributed by atoms with van der Waals surface area (Å²) in [6, 6.07) is 17.9. The lowest BCUT2D eigenvalue weighted by Crippen LogP contribution is -2.45. The van der Waals surface area contributed by atoms with Gasteiger partial charge in [-0.3, -0.25) is 9.69 Å². The van der Waals surface area contributed by atoms with E-state index in [1.165, 1.54) is 6.07 Å². The number of rotatable bonds is 6. The van der Waals surface area contributed by atoms with Crippen molar-refractivity contribution in [3.8, 4) is 17.2 Å². The third-order valence-corrected chi connectivity index (χ3v) is 7.53. The fraction of sp³-hybridized carbons (Fsp3) is 0.345. The van der Waals surface area contributed by atoms with Gasteiger partial charge in [-0.15, -0.1) is 0 Å². The Morgan fingerprint density at radius 2 is 1.61 bits per heavy atom. The van der Waals surface area contributed by atoms with Crippen molar-refractivity contribution in [3.05, 3.63) is 83.2 Å². The summed E-state index contributed by atoms with van der Waals surface area (Å²) in [7, 11) is 4.87. The van der Waals surface area contributed by atoms with Crippen LogP contribution in [0, 0.1) is 5.82 Å². The number of amides is 1. The number of likely N-dealkylation sites (tertiary alicyclic amines) is 1. The van der Waals surface area contributed by atoms with E-state index in [-0.39, 0.29) is 17.1 Å². The topological polar surface area (TPSA) is 51.2 Å². The van der Waals surface area contributed by atoms with E-state index >= 15 is 0 Å². The Balaban J connectivity index is 1.34. The molecule has 0 atom stereocenters. The lowest BCUT2D eigenvalue weighted by Gasteiger charge is -2.40. The summed E-state index contributed by atoms with van der Waals surface area (Å²) in [5.74, 6) is 1.80. The number of fused-ring (bicyclic) bond motifs is 2. The van der Waals surface area contributed by atoms with Crippen LogP contribution in [-0.2, 0) is 12.0 Å². The van der Waals surface area contributed by atoms with Crippen LogP contribution < -0.4 is 19.1 Å². The Labute approximate surface area is 211 Å². The summed E-state index contributed by atoms with van der Waals surface area (Å²) in [6.07, 6.45) is 1.70. The first-order chi connectivity index (χ1) is 17.5. The third-order valence-electron chi connectivity index (χ3n) is 7.53. The van der Waals surface area contributed by atoms with Crippen molar-refractivity contribution >= 4 is 11.6 Å². The first-order valence-corrected chi connectivity index (χ1v) is 12.2. The maximum absolute atomic E-state index is 14.4. The van der Waals surface area contributed by atoms with Gasteiger partial charge < -0.3 is 19.1 Å². The van der Waals surface area contributed by atoms with E-state index in [9.17, 15) is 9.18 Å². The highest BCUT2D eigenvalue weighted by Crippen LogP contribution is 2.48. The fourth-order valence-corrected chi connectivity index (χ4v) is 5.52. The van der Waals surface area contributed by atoms with Crippen molar-refractivity contribution in [2.75, 3.05) is 45.9 Å². The van der Waals surface area contributed by atoms with Crippen molar-refractivity contribution in [2.45, 2.75) is 24.8 Å². The lowest BCUT2D eigenvalue weighted by molar-refractivity contribution is 0.0975. The molecule has 0 N–H and O–H groups in total. The van der Waals surface area contributed by atoms with Crippen LogP contribution in [0.2, 0.25) is 0 Å². The van der Waals surface area contributed by atoms with E-state index in [1.807, 2.05) is 17.0 Å². The van der Waals surface area contributed by atoms with Gasteiger partial charge in [0.15, 0.2) is 11.5 Å². The molecule has 36 heavy (non-hydrogen) atoms. The number of anilines is 1. The molecule has 0 aromatic heterocycles. The van der Waals surface area contributed by atoms with E-state index in [0.717, 1.165) is 55.0 Å². The molecule has 1 spiro atoms. The van der Waals surface area contributed by atoms with Crippen LogP contribution in [0.3, 0.4) is 0 Å². The van der Waals surface area contributed by atoms with Crippen LogP contribution in [0.25, 0.3) is 0 Å². The highest BCUT2D eigenvalue weighted by molar-refractivity contribution is 6.07. The summed E-state index contributed by atoms with van der Waals surface area (Å²) in [5, 5.41) is 0. The maximum atomic E-state index is 14.4. The number of carbonyl (C=O) groups is 1. The molecule has 2 aliphatic rings. The van der Waals surface area contributed by atoms with Gasteiger partial charge in [0.05, 0.1) is 21.3 Å². The Hall–Kier alpha value is -3.58. The summed E-state index contributed by atoms with van der Waals surface area (Å²) in [4.78, 5) is 17.7. The molecule has 1 fully saturated rings. The summed E-state index contributed by atoms with van der Waals surface area (Å²) >= 11 is 0. The number of hydrogen-bond acceptors (Lipinski definition) is 5. The van der Waals surface area contributed by atoms with Gasteiger partial charge in [-0.25, -0.2) is 4.39 Å². The van der Waals surface area contributed by atoms with Crippen molar-refractivity contribution in [3.63, 3.8) is 0 Å². The average molecular weight is 491 g/mol. The zero-order chi connectivity index (χ0) is 25.3. The van der Waals surface area contributed by atoms with Gasteiger partial charge in [0.2, 0.25) is 0 Å². The van der Waals surface area contributed by atoms with E-state index in [4.69, 9.17) is 14.2 Å². The van der Waals surface area contributed by atoms with Gasteiger partial charge in [-0.1, -0.05) is 6.07 Å². The van der Waals surface area contributed by atoms with Gasteiger partial charge in [0, 0.05) is 29.8 Å². The molecule has 6 nitrogen and oxygen atoms in total. The number of hydrogen-bond donors (Lipinski definition) is 0. The minimum absolute atomic E-state index is 0.0739. The molecule has 0 unspecified atom stereocenters.